The van der Waals surface area contributed by atoms with Crippen LogP contribution in [0.2, 0.25) is 0 Å². The molecule has 0 radical (unpaired) electrons. The van der Waals surface area contributed by atoms with E-state index in [4.69, 9.17) is 0 Å². The zero-order valence-electron chi connectivity index (χ0n) is 10.00. The molecule has 0 unspecified atom stereocenters. The minimum absolute atomic E-state index is 0.207. The van der Waals surface area contributed by atoms with Crippen LogP contribution in [0.1, 0.15) is 43.7 Å². The fourth-order valence-electron chi connectivity index (χ4n) is 1.45. The number of carbonyl (C=O) groups excluding carboxylic acids is 2. The molecule has 86 valence electrons. The van der Waals surface area contributed by atoms with Crippen LogP contribution in [0, 0.1) is 0 Å². The molecule has 0 bridgehead atoms. The van der Waals surface area contributed by atoms with Gasteiger partial charge in [-0.15, -0.1) is 0 Å². The van der Waals surface area contributed by atoms with Gasteiger partial charge in [0.15, 0.2) is 6.29 Å². The van der Waals surface area contributed by atoms with E-state index < -0.39 is 0 Å². The summed E-state index contributed by atoms with van der Waals surface area (Å²) in [5.41, 5.74) is 1.46. The van der Waals surface area contributed by atoms with Crippen LogP contribution in [0.3, 0.4) is 0 Å². The number of aromatic nitrogens is 1. The fraction of sp³-hybridized carbons (Fsp3) is 0.417. The van der Waals surface area contributed by atoms with Crippen LogP contribution in [0.4, 0.5) is 5.69 Å². The molecule has 0 saturated heterocycles. The molecule has 1 N–H and O–H groups in total. The fourth-order valence-corrected chi connectivity index (χ4v) is 1.45. The number of anilines is 1. The molecule has 0 aliphatic heterocycles. The zero-order chi connectivity index (χ0) is 12.3. The summed E-state index contributed by atoms with van der Waals surface area (Å²) in [4.78, 5) is 26.3. The van der Waals surface area contributed by atoms with Crippen molar-refractivity contribution in [1.82, 2.24) is 4.98 Å². The van der Waals surface area contributed by atoms with E-state index in [9.17, 15) is 9.59 Å². The number of rotatable bonds is 2. The van der Waals surface area contributed by atoms with Crippen LogP contribution < -0.4 is 5.32 Å². The van der Waals surface area contributed by atoms with Gasteiger partial charge < -0.3 is 5.32 Å². The Hall–Kier alpha value is -1.71. The highest BCUT2D eigenvalue weighted by Gasteiger charge is 2.22. The molecule has 1 aromatic heterocycles. The normalized spacial score (nSPS) is 11.0. The van der Waals surface area contributed by atoms with E-state index in [-0.39, 0.29) is 11.3 Å². The van der Waals surface area contributed by atoms with Crippen LogP contribution in [-0.2, 0) is 10.2 Å². The third kappa shape index (κ3) is 2.66. The molecule has 0 atom stereocenters. The van der Waals surface area contributed by atoms with Crippen molar-refractivity contribution in [2.75, 3.05) is 5.32 Å². The minimum atomic E-state index is -0.225. The van der Waals surface area contributed by atoms with Gasteiger partial charge in [-0.05, 0) is 6.07 Å². The van der Waals surface area contributed by atoms with Crippen molar-refractivity contribution in [3.05, 3.63) is 23.5 Å². The lowest BCUT2D eigenvalue weighted by atomic mass is 9.89. The van der Waals surface area contributed by atoms with E-state index in [0.717, 1.165) is 6.29 Å². The van der Waals surface area contributed by atoms with Crippen molar-refractivity contribution in [2.24, 2.45) is 0 Å². The van der Waals surface area contributed by atoms with Gasteiger partial charge in [-0.25, -0.2) is 0 Å². The van der Waals surface area contributed by atoms with Gasteiger partial charge in [-0.1, -0.05) is 20.8 Å². The average molecular weight is 220 g/mol. The van der Waals surface area contributed by atoms with Crippen molar-refractivity contribution in [3.63, 3.8) is 0 Å². The molecule has 0 aliphatic carbocycles. The number of aldehydes is 1. The molecule has 0 aromatic carbocycles. The summed E-state index contributed by atoms with van der Waals surface area (Å²) < 4.78 is 0. The van der Waals surface area contributed by atoms with Crippen molar-refractivity contribution in [2.45, 2.75) is 33.1 Å². The number of hydrogen-bond acceptors (Lipinski definition) is 3. The predicted molar refractivity (Wildman–Crippen MR) is 62.6 cm³/mol. The van der Waals surface area contributed by atoms with Crippen LogP contribution in [-0.4, -0.2) is 17.2 Å². The molecular weight excluding hydrogens is 204 g/mol. The van der Waals surface area contributed by atoms with Crippen molar-refractivity contribution < 1.29 is 9.59 Å². The lowest BCUT2D eigenvalue weighted by Gasteiger charge is -2.22. The van der Waals surface area contributed by atoms with Crippen molar-refractivity contribution >= 4 is 17.9 Å². The second-order valence-corrected chi connectivity index (χ2v) is 4.67. The Kier molecular flexibility index (Phi) is 3.42. The summed E-state index contributed by atoms with van der Waals surface area (Å²) in [6.07, 6.45) is 2.30. The molecule has 1 heterocycles. The van der Waals surface area contributed by atoms with Gasteiger partial charge in [-0.3, -0.25) is 14.6 Å². The molecule has 1 amide bonds. The Balaban J connectivity index is 3.37. The molecular formula is C12H16N2O2. The average Bonchev–Trinajstić information content (AvgIpc) is 2.15. The van der Waals surface area contributed by atoms with Gasteiger partial charge in [0.2, 0.25) is 5.91 Å². The number of carbonyl (C=O) groups is 2. The van der Waals surface area contributed by atoms with Crippen LogP contribution in [0.15, 0.2) is 12.3 Å². The highest BCUT2D eigenvalue weighted by atomic mass is 16.1. The number of nitrogens with zero attached hydrogens (tertiary/aromatic N) is 1. The monoisotopic (exact) mass is 220 g/mol. The first kappa shape index (κ1) is 12.4. The molecule has 0 aliphatic rings. The van der Waals surface area contributed by atoms with Gasteiger partial charge in [0.1, 0.15) is 0 Å². The molecule has 1 rings (SSSR count). The van der Waals surface area contributed by atoms with E-state index >= 15 is 0 Å². The van der Waals surface area contributed by atoms with Gasteiger partial charge in [0.05, 0.1) is 11.4 Å². The van der Waals surface area contributed by atoms with Crippen molar-refractivity contribution in [1.29, 1.82) is 0 Å². The number of pyridine rings is 1. The SMILES string of the molecule is CC(=O)Nc1c(C=O)ccnc1C(C)(C)C. The van der Waals surface area contributed by atoms with E-state index in [1.807, 2.05) is 20.8 Å². The standard InChI is InChI=1S/C12H16N2O2/c1-8(16)14-10-9(7-15)5-6-13-11(10)12(2,3)4/h5-7H,1-4H3,(H,14,16). The maximum absolute atomic E-state index is 11.1. The van der Waals surface area contributed by atoms with Crippen LogP contribution in [0.25, 0.3) is 0 Å². The molecule has 1 aromatic rings. The van der Waals surface area contributed by atoms with E-state index in [1.54, 1.807) is 12.3 Å². The second-order valence-electron chi connectivity index (χ2n) is 4.67. The van der Waals surface area contributed by atoms with E-state index in [1.165, 1.54) is 6.92 Å². The first-order valence-electron chi connectivity index (χ1n) is 5.08. The highest BCUT2D eigenvalue weighted by molar-refractivity contribution is 5.96. The van der Waals surface area contributed by atoms with Gasteiger partial charge in [0, 0.05) is 24.1 Å². The van der Waals surface area contributed by atoms with Crippen LogP contribution >= 0.6 is 0 Å². The smallest absolute Gasteiger partial charge is 0.221 e. The highest BCUT2D eigenvalue weighted by Crippen LogP contribution is 2.29. The molecule has 4 heteroatoms. The Bertz CT molecular complexity index is 420. The Labute approximate surface area is 95.1 Å². The third-order valence-corrected chi connectivity index (χ3v) is 2.12. The predicted octanol–water partition coefficient (Wildman–Crippen LogP) is 2.15. The minimum Gasteiger partial charge on any atom is -0.324 e. The quantitative estimate of drug-likeness (QED) is 0.777. The Morgan fingerprint density at radius 2 is 2.06 bits per heavy atom. The van der Waals surface area contributed by atoms with Gasteiger partial charge in [-0.2, -0.15) is 0 Å². The Morgan fingerprint density at radius 3 is 2.50 bits per heavy atom. The molecule has 16 heavy (non-hydrogen) atoms. The maximum Gasteiger partial charge on any atom is 0.221 e. The first-order chi connectivity index (χ1) is 7.36. The lowest BCUT2D eigenvalue weighted by Crippen LogP contribution is -2.20. The summed E-state index contributed by atoms with van der Waals surface area (Å²) in [5, 5.41) is 2.67. The van der Waals surface area contributed by atoms with Gasteiger partial charge in [0.25, 0.3) is 0 Å². The molecule has 4 nitrogen and oxygen atoms in total. The van der Waals surface area contributed by atoms with Crippen molar-refractivity contribution in [3.8, 4) is 0 Å². The van der Waals surface area contributed by atoms with E-state index in [2.05, 4.69) is 10.3 Å². The molecule has 0 spiro atoms. The zero-order valence-corrected chi connectivity index (χ0v) is 10.00. The maximum atomic E-state index is 11.1. The van der Waals surface area contributed by atoms with Gasteiger partial charge >= 0.3 is 0 Å². The topological polar surface area (TPSA) is 59.1 Å². The number of nitrogens with one attached hydrogen (secondary N) is 1. The van der Waals surface area contributed by atoms with Crippen LogP contribution in [0.5, 0.6) is 0 Å². The Morgan fingerprint density at radius 1 is 1.44 bits per heavy atom. The van der Waals surface area contributed by atoms with E-state index in [0.29, 0.717) is 16.9 Å². The largest absolute Gasteiger partial charge is 0.324 e. The third-order valence-electron chi connectivity index (χ3n) is 2.12. The summed E-state index contributed by atoms with van der Waals surface area (Å²) in [5.74, 6) is -0.207. The summed E-state index contributed by atoms with van der Waals surface area (Å²) >= 11 is 0. The number of hydrogen-bond donors (Lipinski definition) is 1. The summed E-state index contributed by atoms with van der Waals surface area (Å²) in [6, 6.07) is 1.59. The molecule has 0 fully saturated rings. The summed E-state index contributed by atoms with van der Waals surface area (Å²) in [7, 11) is 0. The lowest BCUT2D eigenvalue weighted by molar-refractivity contribution is -0.114. The first-order valence-corrected chi connectivity index (χ1v) is 5.08. The summed E-state index contributed by atoms with van der Waals surface area (Å²) in [6.45, 7) is 7.35. The second kappa shape index (κ2) is 4.43. The molecule has 0 saturated carbocycles. The number of amides is 1.